The number of hydrogen-bond donors (Lipinski definition) is 0. The second-order valence-corrected chi connectivity index (χ2v) is 9.34. The summed E-state index contributed by atoms with van der Waals surface area (Å²) >= 11 is 0. The summed E-state index contributed by atoms with van der Waals surface area (Å²) in [7, 11) is 0. The summed E-state index contributed by atoms with van der Waals surface area (Å²) in [6.45, 7) is 10.3. The minimum absolute atomic E-state index is 0.0287. The third-order valence-electron chi connectivity index (χ3n) is 5.53. The molecule has 1 heterocycles. The van der Waals surface area contributed by atoms with Gasteiger partial charge < -0.3 is 9.64 Å². The minimum Gasteiger partial charge on any atom is -0.494 e. The Bertz CT molecular complexity index is 964. The normalized spacial score (nSPS) is 17.4. The van der Waals surface area contributed by atoms with Crippen molar-refractivity contribution in [2.24, 2.45) is 5.41 Å². The molecule has 1 aliphatic heterocycles. The molecule has 2 aromatic rings. The maximum atomic E-state index is 13.5. The molecule has 2 aromatic carbocycles. The van der Waals surface area contributed by atoms with Crippen LogP contribution in [0.5, 0.6) is 5.75 Å². The van der Waals surface area contributed by atoms with E-state index in [1.54, 1.807) is 29.2 Å². The molecular weight excluding hydrogens is 404 g/mol. The van der Waals surface area contributed by atoms with Gasteiger partial charge in [-0.3, -0.25) is 14.4 Å². The summed E-state index contributed by atoms with van der Waals surface area (Å²) in [6, 6.07) is 15.3. The molecule has 0 aliphatic carbocycles. The number of ether oxygens (including phenoxy) is 1. The van der Waals surface area contributed by atoms with Gasteiger partial charge in [-0.2, -0.15) is 0 Å². The Balaban J connectivity index is 1.93. The van der Waals surface area contributed by atoms with Crippen molar-refractivity contribution in [1.82, 2.24) is 4.90 Å². The monoisotopic (exact) mass is 436 g/mol. The van der Waals surface area contributed by atoms with Gasteiger partial charge in [-0.25, -0.2) is 4.90 Å². The van der Waals surface area contributed by atoms with Crippen LogP contribution in [0.2, 0.25) is 0 Å². The summed E-state index contributed by atoms with van der Waals surface area (Å²) in [4.78, 5) is 42.6. The highest BCUT2D eigenvalue weighted by Gasteiger charge is 2.46. The molecule has 0 radical (unpaired) electrons. The molecule has 1 fully saturated rings. The van der Waals surface area contributed by atoms with E-state index in [-0.39, 0.29) is 42.0 Å². The molecule has 6 heteroatoms. The van der Waals surface area contributed by atoms with Gasteiger partial charge >= 0.3 is 0 Å². The molecule has 2 atom stereocenters. The van der Waals surface area contributed by atoms with Crippen molar-refractivity contribution < 1.29 is 19.1 Å². The summed E-state index contributed by atoms with van der Waals surface area (Å²) < 4.78 is 5.45. The van der Waals surface area contributed by atoms with Crippen LogP contribution >= 0.6 is 0 Å². The van der Waals surface area contributed by atoms with Crippen molar-refractivity contribution in [1.29, 1.82) is 0 Å². The molecule has 0 aromatic heterocycles. The number of hydrogen-bond acceptors (Lipinski definition) is 4. The second-order valence-electron chi connectivity index (χ2n) is 9.34. The summed E-state index contributed by atoms with van der Waals surface area (Å²) in [5, 5.41) is 0. The van der Waals surface area contributed by atoms with E-state index in [0.717, 1.165) is 5.56 Å². The highest BCUT2D eigenvalue weighted by molar-refractivity contribution is 6.23. The van der Waals surface area contributed by atoms with Crippen LogP contribution in [0.4, 0.5) is 5.69 Å². The van der Waals surface area contributed by atoms with Crippen LogP contribution in [0, 0.1) is 5.41 Å². The Morgan fingerprint density at radius 3 is 2.28 bits per heavy atom. The van der Waals surface area contributed by atoms with Crippen molar-refractivity contribution >= 4 is 23.4 Å². The Hall–Kier alpha value is -3.15. The number of imide groups is 1. The predicted octanol–water partition coefficient (Wildman–Crippen LogP) is 4.74. The third kappa shape index (κ3) is 5.18. The van der Waals surface area contributed by atoms with Gasteiger partial charge in [0, 0.05) is 6.42 Å². The molecule has 170 valence electrons. The molecule has 3 amide bonds. The van der Waals surface area contributed by atoms with E-state index in [2.05, 4.69) is 0 Å². The van der Waals surface area contributed by atoms with Gasteiger partial charge in [-0.05, 0) is 49.1 Å². The smallest absolute Gasteiger partial charge is 0.257 e. The van der Waals surface area contributed by atoms with Crippen LogP contribution in [-0.2, 0) is 14.4 Å². The van der Waals surface area contributed by atoms with Crippen LogP contribution in [0.25, 0.3) is 0 Å². The largest absolute Gasteiger partial charge is 0.494 e. The number of rotatable bonds is 7. The molecule has 1 saturated heterocycles. The van der Waals surface area contributed by atoms with Crippen molar-refractivity contribution in [2.45, 2.75) is 59.5 Å². The molecule has 32 heavy (non-hydrogen) atoms. The summed E-state index contributed by atoms with van der Waals surface area (Å²) in [6.07, 6.45) is 0.254. The number of amides is 3. The van der Waals surface area contributed by atoms with Gasteiger partial charge in [-0.1, -0.05) is 51.1 Å². The first kappa shape index (κ1) is 23.5. The average Bonchev–Trinajstić information content (AvgIpc) is 3.02. The molecule has 3 rings (SSSR count). The Morgan fingerprint density at radius 2 is 1.72 bits per heavy atom. The van der Waals surface area contributed by atoms with Crippen LogP contribution in [0.15, 0.2) is 54.6 Å². The fourth-order valence-electron chi connectivity index (χ4n) is 4.06. The second kappa shape index (κ2) is 9.55. The highest BCUT2D eigenvalue weighted by atomic mass is 16.5. The number of benzene rings is 2. The standard InChI is InChI=1S/C26H32N2O4/c1-6-32-21-14-12-20(13-15-21)28-23(29)16-22(25(28)31)27(24(30)17-26(3,4)5)18(2)19-10-8-7-9-11-19/h7-15,18,22H,6,16-17H2,1-5H3. The molecular formula is C26H32N2O4. The van der Waals surface area contributed by atoms with Gasteiger partial charge in [0.2, 0.25) is 11.8 Å². The van der Waals surface area contributed by atoms with Crippen molar-refractivity contribution in [3.8, 4) is 5.75 Å². The van der Waals surface area contributed by atoms with E-state index >= 15 is 0 Å². The van der Waals surface area contributed by atoms with E-state index in [0.29, 0.717) is 18.0 Å². The molecule has 0 bridgehead atoms. The van der Waals surface area contributed by atoms with Crippen LogP contribution < -0.4 is 9.64 Å². The zero-order valence-electron chi connectivity index (χ0n) is 19.5. The third-order valence-corrected chi connectivity index (χ3v) is 5.53. The maximum absolute atomic E-state index is 13.5. The van der Waals surface area contributed by atoms with E-state index in [1.165, 1.54) is 4.90 Å². The van der Waals surface area contributed by atoms with Crippen molar-refractivity contribution in [3.63, 3.8) is 0 Å². The Kier molecular flexibility index (Phi) is 7.02. The minimum atomic E-state index is -0.834. The lowest BCUT2D eigenvalue weighted by atomic mass is 9.90. The van der Waals surface area contributed by atoms with Crippen LogP contribution in [0.1, 0.15) is 59.1 Å². The molecule has 1 aliphatic rings. The van der Waals surface area contributed by atoms with Crippen LogP contribution in [-0.4, -0.2) is 35.3 Å². The SMILES string of the molecule is CCOc1ccc(N2C(=O)CC(N(C(=O)CC(C)(C)C)C(C)c3ccccc3)C2=O)cc1. The van der Waals surface area contributed by atoms with Gasteiger partial charge in [0.15, 0.2) is 0 Å². The number of nitrogens with zero attached hydrogens (tertiary/aromatic N) is 2. The first-order valence-corrected chi connectivity index (χ1v) is 11.1. The Morgan fingerprint density at radius 1 is 1.09 bits per heavy atom. The zero-order valence-corrected chi connectivity index (χ0v) is 19.5. The number of carbonyl (C=O) groups excluding carboxylic acids is 3. The van der Waals surface area contributed by atoms with E-state index in [1.807, 2.05) is 65.0 Å². The van der Waals surface area contributed by atoms with Crippen molar-refractivity contribution in [3.05, 3.63) is 60.2 Å². The topological polar surface area (TPSA) is 66.9 Å². The van der Waals surface area contributed by atoms with Gasteiger partial charge in [0.1, 0.15) is 11.8 Å². The average molecular weight is 437 g/mol. The molecule has 0 spiro atoms. The predicted molar refractivity (Wildman–Crippen MR) is 124 cm³/mol. The van der Waals surface area contributed by atoms with Crippen molar-refractivity contribution in [2.75, 3.05) is 11.5 Å². The van der Waals surface area contributed by atoms with E-state index < -0.39 is 6.04 Å². The lowest BCUT2D eigenvalue weighted by Gasteiger charge is -2.35. The first-order chi connectivity index (χ1) is 15.1. The fraction of sp³-hybridized carbons (Fsp3) is 0.423. The van der Waals surface area contributed by atoms with Crippen LogP contribution in [0.3, 0.4) is 0 Å². The molecule has 2 unspecified atom stereocenters. The maximum Gasteiger partial charge on any atom is 0.257 e. The summed E-state index contributed by atoms with van der Waals surface area (Å²) in [5.74, 6) is -0.137. The van der Waals surface area contributed by atoms with Gasteiger partial charge in [0.25, 0.3) is 5.91 Å². The first-order valence-electron chi connectivity index (χ1n) is 11.1. The Labute approximate surface area is 190 Å². The zero-order chi connectivity index (χ0) is 23.5. The molecule has 6 nitrogen and oxygen atoms in total. The molecule has 0 N–H and O–H groups in total. The fourth-order valence-corrected chi connectivity index (χ4v) is 4.06. The summed E-state index contributed by atoms with van der Waals surface area (Å²) in [5.41, 5.74) is 1.17. The number of anilines is 1. The van der Waals surface area contributed by atoms with Gasteiger partial charge in [-0.15, -0.1) is 0 Å². The lowest BCUT2D eigenvalue weighted by molar-refractivity contribution is -0.142. The number of carbonyl (C=O) groups is 3. The quantitative estimate of drug-likeness (QED) is 0.588. The van der Waals surface area contributed by atoms with E-state index in [4.69, 9.17) is 4.74 Å². The van der Waals surface area contributed by atoms with E-state index in [9.17, 15) is 14.4 Å². The highest BCUT2D eigenvalue weighted by Crippen LogP contribution is 2.34. The lowest BCUT2D eigenvalue weighted by Crippen LogP contribution is -2.47. The molecule has 0 saturated carbocycles. The van der Waals surface area contributed by atoms with Gasteiger partial charge in [0.05, 0.1) is 24.8 Å².